The highest BCUT2D eigenvalue weighted by molar-refractivity contribution is 5.99. The largest absolute Gasteiger partial charge is 0.504 e. The summed E-state index contributed by atoms with van der Waals surface area (Å²) in [7, 11) is 0. The Morgan fingerprint density at radius 2 is 2.21 bits per heavy atom. The highest BCUT2D eigenvalue weighted by Gasteiger charge is 2.30. The lowest BCUT2D eigenvalue weighted by molar-refractivity contribution is -0.485. The second-order valence-electron chi connectivity index (χ2n) is 5.14. The zero-order chi connectivity index (χ0) is 17.9. The fourth-order valence-corrected chi connectivity index (χ4v) is 2.54. The Hall–Kier alpha value is -3.10. The Balaban J connectivity index is 2.51. The maximum Gasteiger partial charge on any atom is 0.273 e. The molecule has 0 saturated carbocycles. The topological polar surface area (TPSA) is 126 Å². The number of phenolic OH excluding ortho intramolecular Hbond substituents is 1. The zero-order valence-electron chi connectivity index (χ0n) is 13.5. The van der Waals surface area contributed by atoms with Gasteiger partial charge in [0.05, 0.1) is 12.6 Å². The summed E-state index contributed by atoms with van der Waals surface area (Å²) in [5.41, 5.74) is 1.50. The number of nitro groups is 1. The number of nitrogens with zero attached hydrogens (tertiary/aromatic N) is 2. The third-order valence-corrected chi connectivity index (χ3v) is 3.46. The molecule has 0 saturated heterocycles. The van der Waals surface area contributed by atoms with Gasteiger partial charge in [-0.15, -0.1) is 0 Å². The van der Waals surface area contributed by atoms with E-state index < -0.39 is 11.1 Å². The van der Waals surface area contributed by atoms with Gasteiger partial charge in [-0.1, -0.05) is 6.07 Å². The number of hydrazone groups is 1. The number of aromatic hydroxyl groups is 1. The van der Waals surface area contributed by atoms with E-state index in [1.807, 2.05) is 0 Å². The predicted molar refractivity (Wildman–Crippen MR) is 86.1 cm³/mol. The van der Waals surface area contributed by atoms with Crippen LogP contribution in [-0.4, -0.2) is 28.5 Å². The van der Waals surface area contributed by atoms with E-state index in [9.17, 15) is 20.0 Å². The summed E-state index contributed by atoms with van der Waals surface area (Å²) in [6.07, 6.45) is 0. The van der Waals surface area contributed by atoms with E-state index in [1.54, 1.807) is 26.0 Å². The van der Waals surface area contributed by atoms with Crippen molar-refractivity contribution in [3.63, 3.8) is 0 Å². The molecule has 1 aromatic carbocycles. The summed E-state index contributed by atoms with van der Waals surface area (Å²) < 4.78 is 5.35. The predicted octanol–water partition coefficient (Wildman–Crippen LogP) is 1.44. The van der Waals surface area contributed by atoms with Crippen LogP contribution in [0, 0.1) is 10.1 Å². The van der Waals surface area contributed by atoms with Crippen LogP contribution in [0.2, 0.25) is 0 Å². The molecule has 2 rings (SSSR count). The molecule has 1 unspecified atom stereocenters. The van der Waals surface area contributed by atoms with Crippen LogP contribution in [0.1, 0.15) is 32.4 Å². The van der Waals surface area contributed by atoms with Crippen molar-refractivity contribution in [1.82, 2.24) is 10.6 Å². The Morgan fingerprint density at radius 1 is 1.50 bits per heavy atom. The molecule has 0 aromatic heterocycles. The second kappa shape index (κ2) is 6.99. The van der Waals surface area contributed by atoms with Crippen molar-refractivity contribution in [2.24, 2.45) is 5.10 Å². The van der Waals surface area contributed by atoms with Crippen LogP contribution in [0.15, 0.2) is 34.6 Å². The van der Waals surface area contributed by atoms with E-state index in [4.69, 9.17) is 4.74 Å². The molecule has 1 aliphatic rings. The van der Waals surface area contributed by atoms with Crippen molar-refractivity contribution in [2.45, 2.75) is 26.8 Å². The summed E-state index contributed by atoms with van der Waals surface area (Å²) in [5.74, 6) is -0.0235. The molecule has 9 nitrogen and oxygen atoms in total. The van der Waals surface area contributed by atoms with Crippen molar-refractivity contribution < 1.29 is 19.7 Å². The van der Waals surface area contributed by atoms with Crippen molar-refractivity contribution in [3.05, 3.63) is 45.1 Å². The number of benzene rings is 1. The van der Waals surface area contributed by atoms with Gasteiger partial charge in [-0.25, -0.2) is 10.1 Å². The quantitative estimate of drug-likeness (QED) is 0.549. The average Bonchev–Trinajstić information content (AvgIpc) is 2.48. The number of phenols is 1. The number of ketones is 1. The van der Waals surface area contributed by atoms with Crippen LogP contribution >= 0.6 is 0 Å². The Morgan fingerprint density at radius 3 is 2.79 bits per heavy atom. The molecule has 1 aliphatic heterocycles. The fourth-order valence-electron chi connectivity index (χ4n) is 2.54. The fraction of sp³-hybridized carbons (Fsp3) is 0.333. The van der Waals surface area contributed by atoms with Crippen LogP contribution < -0.4 is 15.4 Å². The molecule has 128 valence electrons. The number of carbonyl (C=O) groups excluding carboxylic acids is 1. The number of nitrogens with one attached hydrogen (secondary N) is 2. The van der Waals surface area contributed by atoms with E-state index in [-0.39, 0.29) is 23.2 Å². The number of guanidine groups is 1. The SMILES string of the molecule is CCOc1cc(C2NC(=N[N+](=O)[O-])NC(C)=C2C(C)=O)ccc1O. The molecule has 0 amide bonds. The first-order valence-corrected chi connectivity index (χ1v) is 7.27. The van der Waals surface area contributed by atoms with Gasteiger partial charge >= 0.3 is 0 Å². The van der Waals surface area contributed by atoms with Crippen LogP contribution in [0.3, 0.4) is 0 Å². The molecule has 3 N–H and O–H groups in total. The lowest BCUT2D eigenvalue weighted by Gasteiger charge is -2.29. The van der Waals surface area contributed by atoms with Crippen LogP contribution in [0.5, 0.6) is 11.5 Å². The monoisotopic (exact) mass is 334 g/mol. The summed E-state index contributed by atoms with van der Waals surface area (Å²) in [6.45, 7) is 5.19. The minimum absolute atomic E-state index is 0.0289. The van der Waals surface area contributed by atoms with E-state index in [0.29, 0.717) is 23.4 Å². The Labute approximate surface area is 138 Å². The van der Waals surface area contributed by atoms with Crippen LogP contribution in [-0.2, 0) is 4.79 Å². The first-order valence-electron chi connectivity index (χ1n) is 7.27. The third kappa shape index (κ3) is 3.62. The van der Waals surface area contributed by atoms with Crippen molar-refractivity contribution in [1.29, 1.82) is 0 Å². The van der Waals surface area contributed by atoms with Crippen molar-refractivity contribution in [2.75, 3.05) is 6.61 Å². The Kier molecular flexibility index (Phi) is 5.02. The van der Waals surface area contributed by atoms with Gasteiger partial charge < -0.3 is 20.5 Å². The molecule has 0 fully saturated rings. The summed E-state index contributed by atoms with van der Waals surface area (Å²) in [6, 6.07) is 3.99. The standard InChI is InChI=1S/C15H18N4O5/c1-4-24-12-7-10(5-6-11(12)21)14-13(9(3)20)8(2)16-15(17-14)18-19(22)23/h5-7,14,21H,4H2,1-3H3,(H2,16,17,18). The zero-order valence-corrected chi connectivity index (χ0v) is 13.5. The van der Waals surface area contributed by atoms with Gasteiger partial charge in [0.15, 0.2) is 22.3 Å². The first-order chi connectivity index (χ1) is 11.3. The molecule has 0 radical (unpaired) electrons. The number of hydrogen-bond acceptors (Lipinski definition) is 5. The molecule has 24 heavy (non-hydrogen) atoms. The smallest absolute Gasteiger partial charge is 0.273 e. The number of ether oxygens (including phenoxy) is 1. The highest BCUT2D eigenvalue weighted by Crippen LogP contribution is 2.33. The lowest BCUT2D eigenvalue weighted by Crippen LogP contribution is -2.46. The number of hydrogen-bond donors (Lipinski definition) is 3. The number of Topliss-reactive ketones (excluding diaryl/α,β-unsaturated/α-hetero) is 1. The van der Waals surface area contributed by atoms with E-state index >= 15 is 0 Å². The molecule has 0 aliphatic carbocycles. The number of allylic oxidation sites excluding steroid dienone is 1. The lowest BCUT2D eigenvalue weighted by atomic mass is 9.93. The van der Waals surface area contributed by atoms with Gasteiger partial charge in [0.1, 0.15) is 5.10 Å². The van der Waals surface area contributed by atoms with E-state index in [1.165, 1.54) is 13.0 Å². The number of rotatable bonds is 5. The molecule has 1 atom stereocenters. The van der Waals surface area contributed by atoms with E-state index in [0.717, 1.165) is 0 Å². The summed E-state index contributed by atoms with van der Waals surface area (Å²) in [4.78, 5) is 22.6. The van der Waals surface area contributed by atoms with Gasteiger partial charge in [-0.05, 0) is 38.5 Å². The molecular formula is C15H18N4O5. The normalized spacial score (nSPS) is 18.8. The van der Waals surface area contributed by atoms with E-state index in [2.05, 4.69) is 15.7 Å². The average molecular weight is 334 g/mol. The molecule has 0 spiro atoms. The Bertz CT molecular complexity index is 741. The van der Waals surface area contributed by atoms with Crippen molar-refractivity contribution >= 4 is 11.7 Å². The van der Waals surface area contributed by atoms with Gasteiger partial charge in [0.25, 0.3) is 5.96 Å². The molecule has 0 bridgehead atoms. The van der Waals surface area contributed by atoms with Gasteiger partial charge in [-0.3, -0.25) is 4.79 Å². The van der Waals surface area contributed by atoms with Gasteiger partial charge in [-0.2, -0.15) is 0 Å². The van der Waals surface area contributed by atoms with Gasteiger partial charge in [0, 0.05) is 11.3 Å². The second-order valence-corrected chi connectivity index (χ2v) is 5.14. The minimum Gasteiger partial charge on any atom is -0.504 e. The molecule has 9 heteroatoms. The molecule has 1 aromatic rings. The maximum atomic E-state index is 12.0. The highest BCUT2D eigenvalue weighted by atomic mass is 16.7. The molecule has 1 heterocycles. The third-order valence-electron chi connectivity index (χ3n) is 3.46. The maximum absolute atomic E-state index is 12.0. The van der Waals surface area contributed by atoms with Gasteiger partial charge in [0.2, 0.25) is 0 Å². The minimum atomic E-state index is -0.832. The van der Waals surface area contributed by atoms with Crippen LogP contribution in [0.25, 0.3) is 0 Å². The summed E-state index contributed by atoms with van der Waals surface area (Å²) in [5, 5.41) is 28.4. The number of carbonyl (C=O) groups is 1. The van der Waals surface area contributed by atoms with Crippen molar-refractivity contribution in [3.8, 4) is 11.5 Å². The summed E-state index contributed by atoms with van der Waals surface area (Å²) >= 11 is 0. The molecular weight excluding hydrogens is 316 g/mol. The first kappa shape index (κ1) is 17.3. The van der Waals surface area contributed by atoms with Crippen LogP contribution in [0.4, 0.5) is 0 Å².